The molecule has 1 amide bonds. The van der Waals surface area contributed by atoms with Crippen LogP contribution in [0.4, 0.5) is 0 Å². The third-order valence-electron chi connectivity index (χ3n) is 4.10. The number of benzene rings is 1. The number of hydrogen-bond acceptors (Lipinski definition) is 3. The molecule has 0 spiro atoms. The van der Waals surface area contributed by atoms with Crippen LogP contribution in [0.2, 0.25) is 0 Å². The van der Waals surface area contributed by atoms with Gasteiger partial charge in [0.2, 0.25) is 5.91 Å². The van der Waals surface area contributed by atoms with Crippen LogP contribution < -0.4 is 0 Å². The Balaban J connectivity index is 0.00000312. The van der Waals surface area contributed by atoms with Gasteiger partial charge >= 0.3 is 0 Å². The molecule has 25 heavy (non-hydrogen) atoms. The normalized spacial score (nSPS) is 17.6. The van der Waals surface area contributed by atoms with E-state index in [4.69, 9.17) is 0 Å². The molecular weight excluding hydrogens is 407 g/mol. The number of amides is 1. The molecule has 0 saturated carbocycles. The third-order valence-corrected chi connectivity index (χ3v) is 5.15. The molecule has 1 aliphatic rings. The van der Waals surface area contributed by atoms with Crippen molar-refractivity contribution in [3.63, 3.8) is 0 Å². The molecule has 2 rings (SSSR count). The van der Waals surface area contributed by atoms with Gasteiger partial charge in [0.15, 0.2) is 5.78 Å². The summed E-state index contributed by atoms with van der Waals surface area (Å²) in [6.45, 7) is 4.59. The molecule has 1 aromatic rings. The topological polar surface area (TPSA) is 37.4 Å². The molecule has 0 aromatic heterocycles. The smallest absolute Gasteiger partial charge is 0.223 e. The van der Waals surface area contributed by atoms with Gasteiger partial charge in [-0.25, -0.2) is 0 Å². The number of ketones is 1. The summed E-state index contributed by atoms with van der Waals surface area (Å²) >= 11 is 1.83. The van der Waals surface area contributed by atoms with Crippen LogP contribution in [0.15, 0.2) is 42.5 Å². The molecule has 1 aromatic carbocycles. The summed E-state index contributed by atoms with van der Waals surface area (Å²) in [5.41, 5.74) is 1.02. The van der Waals surface area contributed by atoms with E-state index in [0.717, 1.165) is 42.9 Å². The maximum absolute atomic E-state index is 12.2. The van der Waals surface area contributed by atoms with E-state index < -0.39 is 0 Å². The molecule has 0 aliphatic carbocycles. The summed E-state index contributed by atoms with van der Waals surface area (Å²) in [5.74, 6) is 2.26. The molecule has 133 valence electrons. The van der Waals surface area contributed by atoms with Gasteiger partial charge in [0.05, 0.1) is 6.04 Å². The first kappa shape index (κ1) is 22.6. The Bertz CT molecular complexity index is 562. The molecule has 1 radical (unpaired) electrons. The van der Waals surface area contributed by atoms with Gasteiger partial charge in [-0.1, -0.05) is 36.4 Å². The second-order valence-electron chi connectivity index (χ2n) is 6.00. The number of allylic oxidation sites excluding steroid dienone is 1. The number of likely N-dealkylation sites (tertiary alicyclic amines) is 1. The van der Waals surface area contributed by atoms with E-state index in [1.165, 1.54) is 0 Å². The van der Waals surface area contributed by atoms with Crippen molar-refractivity contribution in [2.45, 2.75) is 38.1 Å². The average molecular weight is 433 g/mol. The maximum atomic E-state index is 12.2. The van der Waals surface area contributed by atoms with Gasteiger partial charge in [0, 0.05) is 57.8 Å². The fourth-order valence-corrected chi connectivity index (χ4v) is 3.61. The van der Waals surface area contributed by atoms with Crippen LogP contribution in [0.5, 0.6) is 0 Å². The summed E-state index contributed by atoms with van der Waals surface area (Å²) in [6, 6.07) is 9.81. The Labute approximate surface area is 180 Å². The van der Waals surface area contributed by atoms with Crippen LogP contribution in [0.3, 0.4) is 0 Å². The van der Waals surface area contributed by atoms with Crippen molar-refractivity contribution in [1.29, 1.82) is 0 Å². The zero-order chi connectivity index (χ0) is 17.2. The van der Waals surface area contributed by atoms with Crippen LogP contribution in [0.25, 0.3) is 0 Å². The van der Waals surface area contributed by atoms with Crippen molar-refractivity contribution in [1.82, 2.24) is 4.90 Å². The minimum absolute atomic E-state index is 0. The number of carbonyl (C=O) groups is 2. The first-order valence-electron chi connectivity index (χ1n) is 8.62. The van der Waals surface area contributed by atoms with Gasteiger partial charge in [0.25, 0.3) is 0 Å². The van der Waals surface area contributed by atoms with Crippen molar-refractivity contribution in [3.8, 4) is 0 Å². The summed E-state index contributed by atoms with van der Waals surface area (Å²) in [5, 5.41) is 0. The number of rotatable bonds is 9. The molecule has 1 saturated heterocycles. The Hall–Kier alpha value is -0.446. The number of nitrogens with zero attached hydrogens (tertiary/aromatic N) is 1. The average Bonchev–Trinajstić information content (AvgIpc) is 2.59. The third kappa shape index (κ3) is 8.19. The number of carbonyl (C=O) groups excluding carboxylic acids is 2. The van der Waals surface area contributed by atoms with Crippen LogP contribution in [-0.2, 0) is 48.7 Å². The largest absolute Gasteiger partial charge is 0.343 e. The minimum atomic E-state index is 0. The summed E-state index contributed by atoms with van der Waals surface area (Å²) < 4.78 is 0. The number of thioether (sulfide) groups is 1. The van der Waals surface area contributed by atoms with Gasteiger partial charge in [-0.3, -0.25) is 9.59 Å². The molecule has 1 heterocycles. The standard InChI is InChI=1S/C20H26NO2S.Y/c1-2-14-24-15-13-21-18(9-6-10-20(21)23)11-12-19(22)16-17-7-4-3-5-8-17;/h3-5,7-8,11-12,18H,1-2,6,9-10,13-16H2;/q-1;/t18-;/m1./s1. The minimum Gasteiger partial charge on any atom is -0.343 e. The molecule has 1 atom stereocenters. The first-order chi connectivity index (χ1) is 11.7. The Morgan fingerprint density at radius 1 is 1.28 bits per heavy atom. The van der Waals surface area contributed by atoms with Gasteiger partial charge < -0.3 is 11.8 Å². The molecule has 5 heteroatoms. The van der Waals surface area contributed by atoms with E-state index in [2.05, 4.69) is 6.92 Å². The maximum Gasteiger partial charge on any atom is 0.223 e. The number of hydrogen-bond donors (Lipinski definition) is 0. The molecule has 0 bridgehead atoms. The summed E-state index contributed by atoms with van der Waals surface area (Å²) in [6.07, 6.45) is 7.39. The quantitative estimate of drug-likeness (QED) is 0.339. The fourth-order valence-electron chi connectivity index (χ4n) is 2.88. The second kappa shape index (κ2) is 12.8. The van der Waals surface area contributed by atoms with Crippen molar-refractivity contribution in [2.24, 2.45) is 0 Å². The van der Waals surface area contributed by atoms with E-state index in [-0.39, 0.29) is 50.4 Å². The van der Waals surface area contributed by atoms with Crippen molar-refractivity contribution >= 4 is 23.5 Å². The van der Waals surface area contributed by atoms with Gasteiger partial charge in [-0.2, -0.15) is 18.2 Å². The first-order valence-corrected chi connectivity index (χ1v) is 9.77. The van der Waals surface area contributed by atoms with Crippen LogP contribution >= 0.6 is 11.8 Å². The molecule has 1 fully saturated rings. The van der Waals surface area contributed by atoms with Crippen LogP contribution in [0, 0.1) is 6.92 Å². The Kier molecular flexibility index (Phi) is 11.6. The van der Waals surface area contributed by atoms with Gasteiger partial charge in [-0.05, 0) is 30.2 Å². The van der Waals surface area contributed by atoms with Gasteiger partial charge in [-0.15, -0.1) is 0 Å². The predicted molar refractivity (Wildman–Crippen MR) is 101 cm³/mol. The second-order valence-corrected chi connectivity index (χ2v) is 7.23. The van der Waals surface area contributed by atoms with E-state index in [1.807, 2.05) is 53.1 Å². The molecule has 0 N–H and O–H groups in total. The zero-order valence-electron chi connectivity index (χ0n) is 14.7. The summed E-state index contributed by atoms with van der Waals surface area (Å²) in [7, 11) is 0. The van der Waals surface area contributed by atoms with Crippen molar-refractivity contribution in [2.75, 3.05) is 18.1 Å². The number of piperidine rings is 1. The molecule has 3 nitrogen and oxygen atoms in total. The van der Waals surface area contributed by atoms with Crippen LogP contribution in [-0.4, -0.2) is 40.7 Å². The van der Waals surface area contributed by atoms with E-state index >= 15 is 0 Å². The molecule has 0 unspecified atom stereocenters. The summed E-state index contributed by atoms with van der Waals surface area (Å²) in [4.78, 5) is 26.3. The monoisotopic (exact) mass is 433 g/mol. The van der Waals surface area contributed by atoms with E-state index in [9.17, 15) is 9.59 Å². The van der Waals surface area contributed by atoms with E-state index in [0.29, 0.717) is 12.8 Å². The van der Waals surface area contributed by atoms with E-state index in [1.54, 1.807) is 6.08 Å². The Morgan fingerprint density at radius 3 is 2.76 bits per heavy atom. The molecular formula is C20H26NO2SY-. The zero-order valence-corrected chi connectivity index (χ0v) is 18.4. The van der Waals surface area contributed by atoms with Gasteiger partial charge in [0.1, 0.15) is 0 Å². The molecule has 1 aliphatic heterocycles. The predicted octanol–water partition coefficient (Wildman–Crippen LogP) is 3.69. The van der Waals surface area contributed by atoms with Crippen molar-refractivity contribution in [3.05, 3.63) is 55.0 Å². The van der Waals surface area contributed by atoms with Crippen molar-refractivity contribution < 1.29 is 42.3 Å². The Morgan fingerprint density at radius 2 is 2.04 bits per heavy atom. The fraction of sp³-hybridized carbons (Fsp3) is 0.450. The van der Waals surface area contributed by atoms with Crippen LogP contribution in [0.1, 0.15) is 31.2 Å². The SMILES string of the molecule is [CH2-]CCSCCN1C(=O)CCC[C@@H]1C=CC(=O)Cc1ccccc1.[Y].